The normalized spacial score (nSPS) is 11.3. The van der Waals surface area contributed by atoms with Crippen molar-refractivity contribution in [3.05, 3.63) is 82.6 Å². The van der Waals surface area contributed by atoms with Crippen molar-refractivity contribution in [3.8, 4) is 22.6 Å². The van der Waals surface area contributed by atoms with E-state index in [0.29, 0.717) is 5.82 Å². The van der Waals surface area contributed by atoms with Crippen LogP contribution in [0, 0.1) is 3.70 Å². The van der Waals surface area contributed by atoms with E-state index in [2.05, 4.69) is 51.8 Å². The Balaban J connectivity index is 1.77. The Hall–Kier alpha value is -2.73. The Bertz CT molecular complexity index is 1250. The Kier molecular flexibility index (Phi) is 3.71. The predicted molar refractivity (Wildman–Crippen MR) is 113 cm³/mol. The van der Waals surface area contributed by atoms with E-state index in [1.807, 2.05) is 54.6 Å². The summed E-state index contributed by atoms with van der Waals surface area (Å²) in [5, 5.41) is 2.19. The highest BCUT2D eigenvalue weighted by molar-refractivity contribution is 14.1. The van der Waals surface area contributed by atoms with E-state index in [1.54, 1.807) is 0 Å². The lowest BCUT2D eigenvalue weighted by molar-refractivity contribution is 0.669. The average molecular weight is 448 g/mol. The van der Waals surface area contributed by atoms with Crippen molar-refractivity contribution >= 4 is 44.5 Å². The molecule has 0 aliphatic carbocycles. The number of hydrogen-bond acceptors (Lipinski definition) is 3. The van der Waals surface area contributed by atoms with E-state index < -0.39 is 0 Å². The summed E-state index contributed by atoms with van der Waals surface area (Å²) >= 11 is 2.24. The molecule has 4 heteroatoms. The number of furan rings is 1. The third-order valence-electron chi connectivity index (χ3n) is 4.41. The first-order valence-corrected chi connectivity index (χ1v) is 9.38. The number of rotatable bonds is 2. The fraction of sp³-hybridized carbons (Fsp3) is 0. The van der Waals surface area contributed by atoms with Crippen molar-refractivity contribution in [3.63, 3.8) is 0 Å². The molecule has 0 unspecified atom stereocenters. The molecule has 0 amide bonds. The van der Waals surface area contributed by atoms with Crippen LogP contribution < -0.4 is 0 Å². The minimum absolute atomic E-state index is 0.681. The van der Waals surface area contributed by atoms with Gasteiger partial charge in [-0.15, -0.1) is 0 Å². The molecular weight excluding hydrogens is 435 g/mol. The molecule has 0 bridgehead atoms. The molecule has 0 saturated carbocycles. The molecule has 0 atom stereocenters. The monoisotopic (exact) mass is 448 g/mol. The van der Waals surface area contributed by atoms with E-state index in [0.717, 1.165) is 42.5 Å². The lowest BCUT2D eigenvalue weighted by atomic mass is 10.1. The van der Waals surface area contributed by atoms with Crippen molar-refractivity contribution < 1.29 is 4.42 Å². The molecule has 0 aliphatic rings. The lowest BCUT2D eigenvalue weighted by Gasteiger charge is -2.06. The fourth-order valence-corrected chi connectivity index (χ4v) is 3.74. The van der Waals surface area contributed by atoms with Gasteiger partial charge >= 0.3 is 0 Å². The van der Waals surface area contributed by atoms with Gasteiger partial charge in [-0.2, -0.15) is 0 Å². The molecule has 26 heavy (non-hydrogen) atoms. The smallest absolute Gasteiger partial charge is 0.164 e. The molecule has 2 heterocycles. The second-order valence-corrected chi connectivity index (χ2v) is 7.15. The average Bonchev–Trinajstić information content (AvgIpc) is 3.07. The maximum absolute atomic E-state index is 6.14. The van der Waals surface area contributed by atoms with Crippen LogP contribution in [0.25, 0.3) is 44.6 Å². The summed E-state index contributed by atoms with van der Waals surface area (Å²) in [4.78, 5) is 9.48. The van der Waals surface area contributed by atoms with Crippen LogP contribution >= 0.6 is 22.6 Å². The van der Waals surface area contributed by atoms with Crippen LogP contribution in [0.5, 0.6) is 0 Å². The quantitative estimate of drug-likeness (QED) is 0.235. The molecule has 124 valence electrons. The van der Waals surface area contributed by atoms with Gasteiger partial charge in [0.25, 0.3) is 0 Å². The van der Waals surface area contributed by atoms with Crippen LogP contribution in [-0.2, 0) is 0 Å². The molecule has 0 spiro atoms. The topological polar surface area (TPSA) is 38.9 Å². The Morgan fingerprint density at radius 2 is 1.50 bits per heavy atom. The molecule has 0 aliphatic heterocycles. The van der Waals surface area contributed by atoms with Gasteiger partial charge in [-0.3, -0.25) is 0 Å². The zero-order valence-corrected chi connectivity index (χ0v) is 15.8. The van der Waals surface area contributed by atoms with Crippen LogP contribution in [0.2, 0.25) is 0 Å². The van der Waals surface area contributed by atoms with Crippen molar-refractivity contribution in [2.45, 2.75) is 0 Å². The van der Waals surface area contributed by atoms with Crippen LogP contribution in [-0.4, -0.2) is 9.97 Å². The Labute approximate surface area is 163 Å². The van der Waals surface area contributed by atoms with Crippen LogP contribution in [0.4, 0.5) is 0 Å². The van der Waals surface area contributed by atoms with E-state index in [4.69, 9.17) is 9.40 Å². The van der Waals surface area contributed by atoms with Crippen LogP contribution in [0.3, 0.4) is 0 Å². The minimum atomic E-state index is 0.681. The number of hydrogen-bond donors (Lipinski definition) is 0. The van der Waals surface area contributed by atoms with Gasteiger partial charge in [-0.1, -0.05) is 60.7 Å². The Morgan fingerprint density at radius 3 is 2.38 bits per heavy atom. The van der Waals surface area contributed by atoms with Crippen LogP contribution in [0.1, 0.15) is 0 Å². The zero-order valence-electron chi connectivity index (χ0n) is 13.7. The summed E-state index contributed by atoms with van der Waals surface area (Å²) in [5.74, 6) is 0.681. The third-order valence-corrected chi connectivity index (χ3v) is 4.96. The SMILES string of the molecule is Ic1cc(-c2ccccc2)nc(-c2cccc3c2oc2ccccc23)n1. The third kappa shape index (κ3) is 2.57. The van der Waals surface area contributed by atoms with Gasteiger partial charge in [0.1, 0.15) is 14.9 Å². The highest BCUT2D eigenvalue weighted by Gasteiger charge is 2.15. The highest BCUT2D eigenvalue weighted by atomic mass is 127. The van der Waals surface area contributed by atoms with E-state index in [1.165, 1.54) is 0 Å². The zero-order chi connectivity index (χ0) is 17.5. The van der Waals surface area contributed by atoms with Gasteiger partial charge in [0.15, 0.2) is 5.82 Å². The number of halogens is 1. The number of fused-ring (bicyclic) bond motifs is 3. The van der Waals surface area contributed by atoms with Crippen molar-refractivity contribution in [2.75, 3.05) is 0 Å². The fourth-order valence-electron chi connectivity index (χ4n) is 3.22. The summed E-state index contributed by atoms with van der Waals surface area (Å²) in [6, 6.07) is 26.4. The van der Waals surface area contributed by atoms with Gasteiger partial charge in [-0.25, -0.2) is 9.97 Å². The molecule has 0 N–H and O–H groups in total. The molecule has 5 rings (SSSR count). The summed E-state index contributed by atoms with van der Waals surface area (Å²) < 4.78 is 7.04. The van der Waals surface area contributed by atoms with Gasteiger partial charge in [0.2, 0.25) is 0 Å². The first-order chi connectivity index (χ1) is 12.8. The first-order valence-electron chi connectivity index (χ1n) is 8.30. The summed E-state index contributed by atoms with van der Waals surface area (Å²) in [6.45, 7) is 0. The van der Waals surface area contributed by atoms with E-state index in [9.17, 15) is 0 Å². The lowest BCUT2D eigenvalue weighted by Crippen LogP contribution is -1.95. The number of aromatic nitrogens is 2. The largest absolute Gasteiger partial charge is 0.455 e. The molecule has 3 nitrogen and oxygen atoms in total. The molecule has 0 fully saturated rings. The molecule has 0 radical (unpaired) electrons. The second-order valence-electron chi connectivity index (χ2n) is 6.05. The minimum Gasteiger partial charge on any atom is -0.455 e. The molecule has 3 aromatic carbocycles. The van der Waals surface area contributed by atoms with Gasteiger partial charge in [0, 0.05) is 16.3 Å². The molecule has 5 aromatic rings. The Morgan fingerprint density at radius 1 is 0.731 bits per heavy atom. The number of benzene rings is 3. The predicted octanol–water partition coefficient (Wildman–Crippen LogP) is 6.31. The first kappa shape index (κ1) is 15.5. The van der Waals surface area contributed by atoms with Gasteiger partial charge < -0.3 is 4.42 Å². The van der Waals surface area contributed by atoms with E-state index >= 15 is 0 Å². The van der Waals surface area contributed by atoms with Crippen LogP contribution in [0.15, 0.2) is 83.3 Å². The molecule has 0 saturated heterocycles. The van der Waals surface area contributed by atoms with Gasteiger partial charge in [-0.05, 0) is 40.8 Å². The van der Waals surface area contributed by atoms with Crippen molar-refractivity contribution in [2.24, 2.45) is 0 Å². The van der Waals surface area contributed by atoms with Crippen molar-refractivity contribution in [1.29, 1.82) is 0 Å². The van der Waals surface area contributed by atoms with Gasteiger partial charge in [0.05, 0.1) is 11.3 Å². The number of para-hydroxylation sites is 2. The molecular formula is C22H13IN2O. The second kappa shape index (κ2) is 6.21. The maximum Gasteiger partial charge on any atom is 0.164 e. The maximum atomic E-state index is 6.14. The standard InChI is InChI=1S/C22H13IN2O/c23-20-13-18(14-7-2-1-3-8-14)24-22(25-20)17-11-6-10-16-15-9-4-5-12-19(15)26-21(16)17/h1-13H. The summed E-state index contributed by atoms with van der Waals surface area (Å²) in [6.07, 6.45) is 0. The van der Waals surface area contributed by atoms with E-state index in [-0.39, 0.29) is 0 Å². The highest BCUT2D eigenvalue weighted by Crippen LogP contribution is 2.35. The summed E-state index contributed by atoms with van der Waals surface area (Å²) in [5.41, 5.74) is 4.60. The summed E-state index contributed by atoms with van der Waals surface area (Å²) in [7, 11) is 0. The number of nitrogens with zero attached hydrogens (tertiary/aromatic N) is 2. The molecule has 2 aromatic heterocycles. The van der Waals surface area contributed by atoms with Crippen molar-refractivity contribution in [1.82, 2.24) is 9.97 Å².